The number of hydrogen-bond donors (Lipinski definition) is 0. The van der Waals surface area contributed by atoms with Crippen molar-refractivity contribution in [3.05, 3.63) is 42.5 Å². The average Bonchev–Trinajstić information content (AvgIpc) is 2.41. The van der Waals surface area contributed by atoms with Crippen molar-refractivity contribution in [2.24, 2.45) is 5.92 Å². The van der Waals surface area contributed by atoms with Crippen molar-refractivity contribution < 1.29 is 14.2 Å². The van der Waals surface area contributed by atoms with Gasteiger partial charge in [0.05, 0.1) is 19.8 Å². The molecule has 0 spiro atoms. The second kappa shape index (κ2) is 6.03. The van der Waals surface area contributed by atoms with Crippen molar-refractivity contribution in [1.82, 2.24) is 0 Å². The Kier molecular flexibility index (Phi) is 4.39. The van der Waals surface area contributed by atoms with E-state index in [1.54, 1.807) is 7.11 Å². The summed E-state index contributed by atoms with van der Waals surface area (Å²) in [5.74, 6) is 1.24. The summed E-state index contributed by atoms with van der Waals surface area (Å²) in [4.78, 5) is 0. The molecule has 0 unspecified atom stereocenters. The Bertz CT molecular complexity index is 385. The van der Waals surface area contributed by atoms with E-state index < -0.39 is 0 Å². The van der Waals surface area contributed by atoms with Gasteiger partial charge in [-0.1, -0.05) is 18.2 Å². The zero-order valence-electron chi connectivity index (χ0n) is 11.0. The largest absolute Gasteiger partial charge is 0.497 e. The molecule has 98 valence electrons. The maximum Gasteiger partial charge on any atom is 0.184 e. The normalized spacial score (nSPS) is 27.8. The number of ether oxygens (including phenoxy) is 3. The molecule has 1 aromatic rings. The van der Waals surface area contributed by atoms with Crippen molar-refractivity contribution in [2.45, 2.75) is 25.7 Å². The minimum Gasteiger partial charge on any atom is -0.497 e. The van der Waals surface area contributed by atoms with Crippen LogP contribution < -0.4 is 4.74 Å². The zero-order valence-corrected chi connectivity index (χ0v) is 11.0. The molecule has 3 atom stereocenters. The first-order valence-electron chi connectivity index (χ1n) is 6.26. The van der Waals surface area contributed by atoms with Crippen molar-refractivity contribution >= 4 is 0 Å². The molecule has 1 aliphatic rings. The van der Waals surface area contributed by atoms with Crippen LogP contribution >= 0.6 is 0 Å². The highest BCUT2D eigenvalue weighted by Gasteiger charge is 2.28. The van der Waals surface area contributed by atoms with Crippen LogP contribution in [0.5, 0.6) is 5.75 Å². The van der Waals surface area contributed by atoms with Gasteiger partial charge in [0.2, 0.25) is 0 Å². The van der Waals surface area contributed by atoms with Gasteiger partial charge in [0.1, 0.15) is 5.75 Å². The number of benzene rings is 1. The van der Waals surface area contributed by atoms with E-state index in [1.165, 1.54) is 0 Å². The van der Waals surface area contributed by atoms with Crippen molar-refractivity contribution in [3.63, 3.8) is 0 Å². The summed E-state index contributed by atoms with van der Waals surface area (Å²) in [6, 6.07) is 7.79. The molecule has 18 heavy (non-hydrogen) atoms. The Morgan fingerprint density at radius 2 is 2.11 bits per heavy atom. The minimum absolute atomic E-state index is 0.184. The first-order valence-corrected chi connectivity index (χ1v) is 6.26. The molecule has 0 amide bonds. The second-order valence-electron chi connectivity index (χ2n) is 4.56. The number of hydrogen-bond acceptors (Lipinski definition) is 3. The van der Waals surface area contributed by atoms with Gasteiger partial charge in [-0.2, -0.15) is 0 Å². The maximum absolute atomic E-state index is 5.90. The summed E-state index contributed by atoms with van der Waals surface area (Å²) in [6.45, 7) is 6.56. The van der Waals surface area contributed by atoms with Crippen LogP contribution in [-0.4, -0.2) is 19.8 Å². The summed E-state index contributed by atoms with van der Waals surface area (Å²) < 4.78 is 16.8. The lowest BCUT2D eigenvalue weighted by Crippen LogP contribution is -2.33. The van der Waals surface area contributed by atoms with E-state index >= 15 is 0 Å². The van der Waals surface area contributed by atoms with Gasteiger partial charge in [-0.3, -0.25) is 0 Å². The summed E-state index contributed by atoms with van der Waals surface area (Å²) >= 11 is 0. The fourth-order valence-electron chi connectivity index (χ4n) is 2.10. The molecule has 0 radical (unpaired) electrons. The van der Waals surface area contributed by atoms with Crippen molar-refractivity contribution in [1.29, 1.82) is 0 Å². The molecule has 0 aromatic heterocycles. The summed E-state index contributed by atoms with van der Waals surface area (Å²) in [7, 11) is 1.66. The van der Waals surface area contributed by atoms with Crippen LogP contribution in [0.15, 0.2) is 36.9 Å². The molecule has 2 rings (SSSR count). The Labute approximate surface area is 108 Å². The molecule has 0 bridgehead atoms. The SMILES string of the molecule is C=CC[C@@H]1CO[C@@H](c2ccc(OC)cc2)O[C@H]1C. The summed E-state index contributed by atoms with van der Waals surface area (Å²) in [5, 5.41) is 0. The van der Waals surface area contributed by atoms with Crippen LogP contribution in [0.2, 0.25) is 0 Å². The molecule has 1 aromatic carbocycles. The van der Waals surface area contributed by atoms with Crippen LogP contribution in [0.1, 0.15) is 25.2 Å². The molecule has 1 saturated heterocycles. The fourth-order valence-corrected chi connectivity index (χ4v) is 2.10. The standard InChI is InChI=1S/C15H20O3/c1-4-5-13-10-17-15(18-11(13)2)12-6-8-14(16-3)9-7-12/h4,6-9,11,13,15H,1,5,10H2,2-3H3/t11-,13+,15+/m0/s1. The Balaban J connectivity index is 2.00. The molecule has 0 N–H and O–H groups in total. The van der Waals surface area contributed by atoms with Gasteiger partial charge in [0, 0.05) is 11.5 Å². The van der Waals surface area contributed by atoms with Gasteiger partial charge in [-0.15, -0.1) is 6.58 Å². The number of rotatable bonds is 4. The Morgan fingerprint density at radius 1 is 1.39 bits per heavy atom. The minimum atomic E-state index is -0.271. The van der Waals surface area contributed by atoms with Gasteiger partial charge < -0.3 is 14.2 Å². The smallest absolute Gasteiger partial charge is 0.184 e. The highest BCUT2D eigenvalue weighted by molar-refractivity contribution is 5.27. The topological polar surface area (TPSA) is 27.7 Å². The van der Waals surface area contributed by atoms with E-state index in [2.05, 4.69) is 13.5 Å². The predicted molar refractivity (Wildman–Crippen MR) is 70.5 cm³/mol. The van der Waals surface area contributed by atoms with Gasteiger partial charge in [-0.25, -0.2) is 0 Å². The van der Waals surface area contributed by atoms with Gasteiger partial charge >= 0.3 is 0 Å². The first-order chi connectivity index (χ1) is 8.74. The van der Waals surface area contributed by atoms with Gasteiger partial charge in [-0.05, 0) is 25.5 Å². The van der Waals surface area contributed by atoms with E-state index in [9.17, 15) is 0 Å². The first kappa shape index (κ1) is 13.1. The van der Waals surface area contributed by atoms with Crippen LogP contribution in [0, 0.1) is 5.92 Å². The maximum atomic E-state index is 5.90. The highest BCUT2D eigenvalue weighted by Crippen LogP contribution is 2.31. The van der Waals surface area contributed by atoms with Crippen LogP contribution in [0.25, 0.3) is 0 Å². The third-order valence-corrected chi connectivity index (χ3v) is 3.32. The van der Waals surface area contributed by atoms with Crippen molar-refractivity contribution in [2.75, 3.05) is 13.7 Å². The lowest BCUT2D eigenvalue weighted by atomic mass is 9.99. The third-order valence-electron chi connectivity index (χ3n) is 3.32. The van der Waals surface area contributed by atoms with Crippen LogP contribution in [-0.2, 0) is 9.47 Å². The summed E-state index contributed by atoms with van der Waals surface area (Å²) in [5.41, 5.74) is 1.03. The molecule has 1 heterocycles. The quantitative estimate of drug-likeness (QED) is 0.765. The molecule has 0 saturated carbocycles. The number of allylic oxidation sites excluding steroid dienone is 1. The molecule has 1 aliphatic heterocycles. The van der Waals surface area contributed by atoms with E-state index in [4.69, 9.17) is 14.2 Å². The van der Waals surface area contributed by atoms with E-state index in [0.717, 1.165) is 17.7 Å². The average molecular weight is 248 g/mol. The molecular weight excluding hydrogens is 228 g/mol. The van der Waals surface area contributed by atoms with Gasteiger partial charge in [0.15, 0.2) is 6.29 Å². The molecule has 3 heteroatoms. The molecule has 0 aliphatic carbocycles. The van der Waals surface area contributed by atoms with E-state index in [0.29, 0.717) is 12.5 Å². The van der Waals surface area contributed by atoms with E-state index in [-0.39, 0.29) is 12.4 Å². The summed E-state index contributed by atoms with van der Waals surface area (Å²) in [6.07, 6.45) is 2.76. The fraction of sp³-hybridized carbons (Fsp3) is 0.467. The van der Waals surface area contributed by atoms with Crippen molar-refractivity contribution in [3.8, 4) is 5.75 Å². The van der Waals surface area contributed by atoms with E-state index in [1.807, 2.05) is 30.3 Å². The molecule has 1 fully saturated rings. The molecule has 3 nitrogen and oxygen atoms in total. The third kappa shape index (κ3) is 2.92. The van der Waals surface area contributed by atoms with Crippen LogP contribution in [0.3, 0.4) is 0 Å². The predicted octanol–water partition coefficient (Wildman–Crippen LogP) is 3.32. The number of methoxy groups -OCH3 is 1. The lowest BCUT2D eigenvalue weighted by molar-refractivity contribution is -0.235. The Hall–Kier alpha value is -1.32. The second-order valence-corrected chi connectivity index (χ2v) is 4.56. The molecular formula is C15H20O3. The Morgan fingerprint density at radius 3 is 2.67 bits per heavy atom. The monoisotopic (exact) mass is 248 g/mol. The highest BCUT2D eigenvalue weighted by atomic mass is 16.7. The van der Waals surface area contributed by atoms with Crippen LogP contribution in [0.4, 0.5) is 0 Å². The zero-order chi connectivity index (χ0) is 13.0. The lowest BCUT2D eigenvalue weighted by Gasteiger charge is -2.34. The van der Waals surface area contributed by atoms with Gasteiger partial charge in [0.25, 0.3) is 0 Å².